The number of aryl methyl sites for hydroxylation is 2. The number of methoxy groups -OCH3 is 1. The Hall–Kier alpha value is -0.550. The van der Waals surface area contributed by atoms with E-state index in [4.69, 9.17) is 4.74 Å². The molecule has 17 heavy (non-hydrogen) atoms. The van der Waals surface area contributed by atoms with Gasteiger partial charge in [-0.3, -0.25) is 4.68 Å². The summed E-state index contributed by atoms with van der Waals surface area (Å²) in [6.45, 7) is 5.11. The van der Waals surface area contributed by atoms with Crippen molar-refractivity contribution in [2.45, 2.75) is 18.7 Å². The number of aromatic nitrogens is 2. The number of hydrogen-bond donors (Lipinski definition) is 0. The third-order valence-corrected chi connectivity index (χ3v) is 4.00. The van der Waals surface area contributed by atoms with Crippen LogP contribution in [0.5, 0.6) is 0 Å². The molecule has 1 atom stereocenters. The van der Waals surface area contributed by atoms with Crippen LogP contribution in [0, 0.1) is 12.8 Å². The number of hydrogen-bond acceptors (Lipinski definition) is 3. The third-order valence-electron chi connectivity index (χ3n) is 3.43. The van der Waals surface area contributed by atoms with Gasteiger partial charge in [0.25, 0.3) is 0 Å². The van der Waals surface area contributed by atoms with Gasteiger partial charge in [-0.25, -0.2) is 0 Å². The summed E-state index contributed by atoms with van der Waals surface area (Å²) in [4.78, 5) is 2.43. The number of nitrogens with zero attached hydrogens (tertiary/aromatic N) is 3. The van der Waals surface area contributed by atoms with E-state index < -0.39 is 0 Å². The number of ether oxygens (including phenoxy) is 1. The average Bonchev–Trinajstić information content (AvgIpc) is 2.83. The van der Waals surface area contributed by atoms with Crippen LogP contribution < -0.4 is 4.90 Å². The van der Waals surface area contributed by atoms with Crippen LogP contribution in [0.15, 0.2) is 0 Å². The van der Waals surface area contributed by atoms with E-state index in [0.717, 1.165) is 30.7 Å². The van der Waals surface area contributed by atoms with Gasteiger partial charge in [0, 0.05) is 44.1 Å². The first-order valence-corrected chi connectivity index (χ1v) is 7.11. The lowest BCUT2D eigenvalue weighted by Crippen LogP contribution is -2.24. The molecule has 1 aromatic heterocycles. The minimum Gasteiger partial charge on any atom is -0.384 e. The van der Waals surface area contributed by atoms with Crippen molar-refractivity contribution >= 4 is 21.7 Å². The maximum absolute atomic E-state index is 5.24. The molecule has 1 fully saturated rings. The molecule has 0 aliphatic carbocycles. The van der Waals surface area contributed by atoms with E-state index in [1.807, 2.05) is 11.7 Å². The predicted molar refractivity (Wildman–Crippen MR) is 72.8 cm³/mol. The van der Waals surface area contributed by atoms with Gasteiger partial charge in [0.1, 0.15) is 5.82 Å². The summed E-state index contributed by atoms with van der Waals surface area (Å²) in [6, 6.07) is 0. The summed E-state index contributed by atoms with van der Waals surface area (Å²) >= 11 is 3.56. The van der Waals surface area contributed by atoms with Crippen LogP contribution >= 0.6 is 15.9 Å². The van der Waals surface area contributed by atoms with Crippen molar-refractivity contribution in [1.82, 2.24) is 9.78 Å². The Balaban J connectivity index is 2.18. The van der Waals surface area contributed by atoms with Crippen molar-refractivity contribution in [3.8, 4) is 0 Å². The first-order valence-electron chi connectivity index (χ1n) is 5.99. The summed E-state index contributed by atoms with van der Waals surface area (Å²) in [5.41, 5.74) is 2.43. The Bertz CT molecular complexity index is 391. The Morgan fingerprint density at radius 2 is 2.29 bits per heavy atom. The van der Waals surface area contributed by atoms with Gasteiger partial charge in [0.15, 0.2) is 0 Å². The van der Waals surface area contributed by atoms with E-state index in [2.05, 4.69) is 32.9 Å². The summed E-state index contributed by atoms with van der Waals surface area (Å²) in [5, 5.41) is 5.38. The molecule has 2 heterocycles. The highest BCUT2D eigenvalue weighted by molar-refractivity contribution is 9.08. The standard InChI is InChI=1S/C12H20BrN3O/c1-9-11(6-13)12(15(2)14-9)16-5-4-10(7-16)8-17-3/h10H,4-8H2,1-3H3. The highest BCUT2D eigenvalue weighted by atomic mass is 79.9. The molecule has 0 aromatic carbocycles. The average molecular weight is 302 g/mol. The van der Waals surface area contributed by atoms with E-state index >= 15 is 0 Å². The SMILES string of the molecule is COCC1CCN(c2c(CBr)c(C)nn2C)C1. The van der Waals surface area contributed by atoms with Crippen LogP contribution in [-0.4, -0.2) is 36.6 Å². The summed E-state index contributed by atoms with van der Waals surface area (Å²) < 4.78 is 7.24. The van der Waals surface area contributed by atoms with E-state index in [1.165, 1.54) is 17.8 Å². The Labute approximate surface area is 111 Å². The van der Waals surface area contributed by atoms with Crippen LogP contribution in [0.25, 0.3) is 0 Å². The maximum atomic E-state index is 5.24. The molecule has 0 bridgehead atoms. The highest BCUT2D eigenvalue weighted by Gasteiger charge is 2.27. The van der Waals surface area contributed by atoms with Gasteiger partial charge in [-0.1, -0.05) is 15.9 Å². The van der Waals surface area contributed by atoms with Gasteiger partial charge >= 0.3 is 0 Å². The Morgan fingerprint density at radius 1 is 1.53 bits per heavy atom. The lowest BCUT2D eigenvalue weighted by molar-refractivity contribution is 0.161. The van der Waals surface area contributed by atoms with Gasteiger partial charge < -0.3 is 9.64 Å². The van der Waals surface area contributed by atoms with E-state index in [-0.39, 0.29) is 0 Å². The zero-order valence-electron chi connectivity index (χ0n) is 10.7. The van der Waals surface area contributed by atoms with Crippen molar-refractivity contribution in [2.24, 2.45) is 13.0 Å². The Morgan fingerprint density at radius 3 is 2.94 bits per heavy atom. The molecular formula is C12H20BrN3O. The topological polar surface area (TPSA) is 30.3 Å². The number of alkyl halides is 1. The summed E-state index contributed by atoms with van der Waals surface area (Å²) in [5.74, 6) is 1.91. The van der Waals surface area contributed by atoms with Crippen LogP contribution in [-0.2, 0) is 17.1 Å². The molecule has 1 aliphatic rings. The fourth-order valence-electron chi connectivity index (χ4n) is 2.64. The lowest BCUT2D eigenvalue weighted by Gasteiger charge is -2.20. The molecule has 0 saturated carbocycles. The minimum atomic E-state index is 0.651. The van der Waals surface area contributed by atoms with E-state index in [9.17, 15) is 0 Å². The quantitative estimate of drug-likeness (QED) is 0.798. The van der Waals surface area contributed by atoms with Gasteiger partial charge in [-0.05, 0) is 13.3 Å². The van der Waals surface area contributed by atoms with Gasteiger partial charge in [-0.15, -0.1) is 0 Å². The minimum absolute atomic E-state index is 0.651. The van der Waals surface area contributed by atoms with Crippen LogP contribution in [0.1, 0.15) is 17.7 Å². The molecule has 1 aromatic rings. The van der Waals surface area contributed by atoms with Crippen LogP contribution in [0.4, 0.5) is 5.82 Å². The molecule has 1 saturated heterocycles. The summed E-state index contributed by atoms with van der Waals surface area (Å²) in [7, 11) is 3.80. The van der Waals surface area contributed by atoms with E-state index in [0.29, 0.717) is 5.92 Å². The molecule has 0 amide bonds. The monoisotopic (exact) mass is 301 g/mol. The molecule has 5 heteroatoms. The molecule has 0 N–H and O–H groups in total. The van der Waals surface area contributed by atoms with Crippen molar-refractivity contribution in [3.05, 3.63) is 11.3 Å². The smallest absolute Gasteiger partial charge is 0.130 e. The molecule has 4 nitrogen and oxygen atoms in total. The maximum Gasteiger partial charge on any atom is 0.130 e. The second-order valence-electron chi connectivity index (χ2n) is 4.70. The second kappa shape index (κ2) is 5.40. The number of halogens is 1. The van der Waals surface area contributed by atoms with Crippen molar-refractivity contribution in [3.63, 3.8) is 0 Å². The fraction of sp³-hybridized carbons (Fsp3) is 0.750. The highest BCUT2D eigenvalue weighted by Crippen LogP contribution is 2.30. The first-order chi connectivity index (χ1) is 8.17. The van der Waals surface area contributed by atoms with Gasteiger partial charge in [-0.2, -0.15) is 5.10 Å². The van der Waals surface area contributed by atoms with Crippen molar-refractivity contribution < 1.29 is 4.74 Å². The predicted octanol–water partition coefficient (Wildman–Crippen LogP) is 2.10. The lowest BCUT2D eigenvalue weighted by atomic mass is 10.1. The van der Waals surface area contributed by atoms with Crippen molar-refractivity contribution in [1.29, 1.82) is 0 Å². The number of anilines is 1. The molecule has 2 rings (SSSR count). The molecule has 0 spiro atoms. The zero-order chi connectivity index (χ0) is 12.4. The first kappa shape index (κ1) is 12.9. The zero-order valence-corrected chi connectivity index (χ0v) is 12.3. The van der Waals surface area contributed by atoms with Crippen molar-refractivity contribution in [2.75, 3.05) is 31.7 Å². The fourth-order valence-corrected chi connectivity index (χ4v) is 3.30. The molecular weight excluding hydrogens is 282 g/mol. The number of rotatable bonds is 4. The van der Waals surface area contributed by atoms with E-state index in [1.54, 1.807) is 7.11 Å². The van der Waals surface area contributed by atoms with Gasteiger partial charge in [0.2, 0.25) is 0 Å². The molecule has 96 valence electrons. The molecule has 0 radical (unpaired) electrons. The summed E-state index contributed by atoms with van der Waals surface area (Å²) in [6.07, 6.45) is 1.21. The van der Waals surface area contributed by atoms with Gasteiger partial charge in [0.05, 0.1) is 12.3 Å². The van der Waals surface area contributed by atoms with Crippen LogP contribution in [0.2, 0.25) is 0 Å². The second-order valence-corrected chi connectivity index (χ2v) is 5.26. The normalized spacial score (nSPS) is 20.2. The molecule has 1 aliphatic heterocycles. The molecule has 1 unspecified atom stereocenters. The largest absolute Gasteiger partial charge is 0.384 e. The Kier molecular flexibility index (Phi) is 4.09. The van der Waals surface area contributed by atoms with Crippen LogP contribution in [0.3, 0.4) is 0 Å². The third kappa shape index (κ3) is 2.50.